The Kier molecular flexibility index (Phi) is 5.25. The van der Waals surface area contributed by atoms with E-state index < -0.39 is 0 Å². The summed E-state index contributed by atoms with van der Waals surface area (Å²) in [5, 5.41) is 8.31. The lowest BCUT2D eigenvalue weighted by Gasteiger charge is -2.40. The third-order valence-electron chi connectivity index (χ3n) is 6.13. The second-order valence-electron chi connectivity index (χ2n) is 7.94. The fraction of sp³-hybridized carbons (Fsp3) is 0.571. The molecule has 27 heavy (non-hydrogen) atoms. The van der Waals surface area contributed by atoms with E-state index in [-0.39, 0.29) is 5.91 Å². The number of nitrogens with zero attached hydrogens (tertiary/aromatic N) is 5. The van der Waals surface area contributed by atoms with Gasteiger partial charge in [-0.2, -0.15) is 0 Å². The molecule has 2 saturated heterocycles. The molecule has 1 aromatic heterocycles. The van der Waals surface area contributed by atoms with Crippen molar-refractivity contribution in [3.63, 3.8) is 0 Å². The molecule has 2 aliphatic rings. The van der Waals surface area contributed by atoms with Crippen LogP contribution in [0.1, 0.15) is 53.7 Å². The van der Waals surface area contributed by atoms with Gasteiger partial charge < -0.3 is 9.80 Å². The number of amides is 1. The van der Waals surface area contributed by atoms with E-state index in [1.165, 1.54) is 43.5 Å². The zero-order valence-electron chi connectivity index (χ0n) is 16.4. The van der Waals surface area contributed by atoms with Crippen molar-refractivity contribution in [1.82, 2.24) is 24.8 Å². The average Bonchev–Trinajstić information content (AvgIpc) is 3.20. The summed E-state index contributed by atoms with van der Waals surface area (Å²) >= 11 is 0. The maximum absolute atomic E-state index is 12.8. The standard InChI is InChI=1S/C21H29N5O/c1-16-6-7-19(14-17(16)2)26-15-20(22-23-26)21(27)25-12-8-18(9-13-25)24-10-4-3-5-11-24/h6-7,14-15,18H,3-5,8-13H2,1-2H3. The summed E-state index contributed by atoms with van der Waals surface area (Å²) in [6.45, 7) is 8.25. The summed E-state index contributed by atoms with van der Waals surface area (Å²) in [5.74, 6) is 0.00202. The van der Waals surface area contributed by atoms with Crippen LogP contribution in [0, 0.1) is 13.8 Å². The summed E-state index contributed by atoms with van der Waals surface area (Å²) < 4.78 is 1.69. The Bertz CT molecular complexity index is 801. The van der Waals surface area contributed by atoms with Crippen LogP contribution in [0.25, 0.3) is 5.69 Å². The normalized spacial score (nSPS) is 19.4. The van der Waals surface area contributed by atoms with Crippen molar-refractivity contribution >= 4 is 5.91 Å². The lowest BCUT2D eigenvalue weighted by Crippen LogP contribution is -2.48. The second-order valence-corrected chi connectivity index (χ2v) is 7.94. The van der Waals surface area contributed by atoms with E-state index in [1.807, 2.05) is 11.0 Å². The minimum absolute atomic E-state index is 0.00202. The first-order valence-corrected chi connectivity index (χ1v) is 10.1. The second kappa shape index (κ2) is 7.80. The molecular weight excluding hydrogens is 338 g/mol. The van der Waals surface area contributed by atoms with E-state index in [0.717, 1.165) is 31.6 Å². The van der Waals surface area contributed by atoms with E-state index in [4.69, 9.17) is 0 Å². The molecule has 0 saturated carbocycles. The number of benzene rings is 1. The maximum Gasteiger partial charge on any atom is 0.276 e. The van der Waals surface area contributed by atoms with Gasteiger partial charge in [0.25, 0.3) is 5.91 Å². The molecule has 1 aromatic carbocycles. The third-order valence-corrected chi connectivity index (χ3v) is 6.13. The van der Waals surface area contributed by atoms with E-state index in [2.05, 4.69) is 41.2 Å². The number of likely N-dealkylation sites (tertiary alicyclic amines) is 2. The van der Waals surface area contributed by atoms with Gasteiger partial charge >= 0.3 is 0 Å². The Balaban J connectivity index is 1.39. The minimum Gasteiger partial charge on any atom is -0.337 e. The molecule has 144 valence electrons. The van der Waals surface area contributed by atoms with Crippen LogP contribution in [0.5, 0.6) is 0 Å². The number of aromatic nitrogens is 3. The first-order valence-electron chi connectivity index (χ1n) is 10.1. The predicted molar refractivity (Wildman–Crippen MR) is 105 cm³/mol. The van der Waals surface area contributed by atoms with Crippen LogP contribution in [0.3, 0.4) is 0 Å². The van der Waals surface area contributed by atoms with Gasteiger partial charge in [-0.25, -0.2) is 4.68 Å². The summed E-state index contributed by atoms with van der Waals surface area (Å²) in [6, 6.07) is 6.79. The van der Waals surface area contributed by atoms with Gasteiger partial charge in [0, 0.05) is 19.1 Å². The van der Waals surface area contributed by atoms with E-state index in [9.17, 15) is 4.79 Å². The zero-order chi connectivity index (χ0) is 18.8. The lowest BCUT2D eigenvalue weighted by atomic mass is 10.00. The average molecular weight is 367 g/mol. The smallest absolute Gasteiger partial charge is 0.276 e. The molecule has 6 nitrogen and oxygen atoms in total. The van der Waals surface area contributed by atoms with Gasteiger partial charge in [0.15, 0.2) is 5.69 Å². The van der Waals surface area contributed by atoms with Crippen LogP contribution in [0.4, 0.5) is 0 Å². The quantitative estimate of drug-likeness (QED) is 0.837. The SMILES string of the molecule is Cc1ccc(-n2cc(C(=O)N3CCC(N4CCCCC4)CC3)nn2)cc1C. The Morgan fingerprint density at radius 2 is 1.74 bits per heavy atom. The molecule has 2 aromatic rings. The number of rotatable bonds is 3. The molecule has 0 aliphatic carbocycles. The zero-order valence-corrected chi connectivity index (χ0v) is 16.4. The van der Waals surface area contributed by atoms with Gasteiger partial charge in [0.05, 0.1) is 11.9 Å². The van der Waals surface area contributed by atoms with Crippen molar-refractivity contribution in [3.05, 3.63) is 41.2 Å². The highest BCUT2D eigenvalue weighted by Crippen LogP contribution is 2.22. The van der Waals surface area contributed by atoms with E-state index in [1.54, 1.807) is 10.9 Å². The van der Waals surface area contributed by atoms with Gasteiger partial charge in [-0.1, -0.05) is 17.7 Å². The van der Waals surface area contributed by atoms with Crippen molar-refractivity contribution in [2.24, 2.45) is 0 Å². The first kappa shape index (κ1) is 18.2. The molecular formula is C21H29N5O. The Morgan fingerprint density at radius 3 is 2.44 bits per heavy atom. The summed E-state index contributed by atoms with van der Waals surface area (Å²) in [5.41, 5.74) is 3.82. The van der Waals surface area contributed by atoms with Gasteiger partial charge in [-0.15, -0.1) is 5.10 Å². The highest BCUT2D eigenvalue weighted by atomic mass is 16.2. The van der Waals surface area contributed by atoms with Crippen molar-refractivity contribution in [2.45, 2.75) is 52.0 Å². The molecule has 2 aliphatic heterocycles. The molecule has 1 amide bonds. The van der Waals surface area contributed by atoms with Crippen molar-refractivity contribution < 1.29 is 4.79 Å². The van der Waals surface area contributed by atoms with Crippen molar-refractivity contribution in [1.29, 1.82) is 0 Å². The number of piperidine rings is 2. The van der Waals surface area contributed by atoms with Crippen LogP contribution in [-0.4, -0.2) is 62.9 Å². The van der Waals surface area contributed by atoms with E-state index in [0.29, 0.717) is 11.7 Å². The summed E-state index contributed by atoms with van der Waals surface area (Å²) in [6.07, 6.45) is 7.89. The Morgan fingerprint density at radius 1 is 1.00 bits per heavy atom. The van der Waals surface area contributed by atoms with Crippen molar-refractivity contribution in [2.75, 3.05) is 26.2 Å². The molecule has 0 spiro atoms. The third kappa shape index (κ3) is 3.90. The van der Waals surface area contributed by atoms with Crippen LogP contribution in [0.2, 0.25) is 0 Å². The van der Waals surface area contributed by atoms with Crippen molar-refractivity contribution in [3.8, 4) is 5.69 Å². The molecule has 0 radical (unpaired) electrons. The fourth-order valence-electron chi connectivity index (χ4n) is 4.24. The number of hydrogen-bond acceptors (Lipinski definition) is 4. The topological polar surface area (TPSA) is 54.3 Å². The molecule has 3 heterocycles. The molecule has 0 bridgehead atoms. The van der Waals surface area contributed by atoms with Crippen LogP contribution < -0.4 is 0 Å². The number of hydrogen-bond donors (Lipinski definition) is 0. The van der Waals surface area contributed by atoms with Crippen LogP contribution in [-0.2, 0) is 0 Å². The molecule has 0 N–H and O–H groups in total. The minimum atomic E-state index is 0.00202. The van der Waals surface area contributed by atoms with Crippen LogP contribution >= 0.6 is 0 Å². The fourth-order valence-corrected chi connectivity index (χ4v) is 4.24. The molecule has 4 rings (SSSR count). The van der Waals surface area contributed by atoms with Gasteiger partial charge in [-0.3, -0.25) is 4.79 Å². The van der Waals surface area contributed by atoms with Gasteiger partial charge in [0.2, 0.25) is 0 Å². The number of carbonyl (C=O) groups is 1. The number of aryl methyl sites for hydroxylation is 2. The predicted octanol–water partition coefficient (Wildman–Crippen LogP) is 2.97. The van der Waals surface area contributed by atoms with E-state index >= 15 is 0 Å². The lowest BCUT2D eigenvalue weighted by molar-refractivity contribution is 0.0584. The maximum atomic E-state index is 12.8. The molecule has 0 unspecified atom stereocenters. The highest BCUT2D eigenvalue weighted by Gasteiger charge is 2.29. The largest absolute Gasteiger partial charge is 0.337 e. The van der Waals surface area contributed by atoms with Crippen LogP contribution in [0.15, 0.2) is 24.4 Å². The summed E-state index contributed by atoms with van der Waals surface area (Å²) in [7, 11) is 0. The monoisotopic (exact) mass is 367 g/mol. The Hall–Kier alpha value is -2.21. The first-order chi connectivity index (χ1) is 13.1. The molecule has 0 atom stereocenters. The highest BCUT2D eigenvalue weighted by molar-refractivity contribution is 5.92. The molecule has 6 heteroatoms. The van der Waals surface area contributed by atoms with Gasteiger partial charge in [-0.05, 0) is 75.9 Å². The summed E-state index contributed by atoms with van der Waals surface area (Å²) in [4.78, 5) is 17.4. The Labute approximate surface area is 161 Å². The van der Waals surface area contributed by atoms with Gasteiger partial charge in [0.1, 0.15) is 0 Å². The number of carbonyl (C=O) groups excluding carboxylic acids is 1. The molecule has 2 fully saturated rings.